The molecule has 0 radical (unpaired) electrons. The molecule has 0 aliphatic carbocycles. The van der Waals surface area contributed by atoms with Gasteiger partial charge in [-0.05, 0) is 42.4 Å². The summed E-state index contributed by atoms with van der Waals surface area (Å²) in [5.74, 6) is 0.826. The molecule has 23 heavy (non-hydrogen) atoms. The minimum Gasteiger partial charge on any atom is -0.339 e. The third-order valence-corrected chi connectivity index (χ3v) is 4.51. The topological polar surface area (TPSA) is 20.3 Å². The van der Waals surface area contributed by atoms with Gasteiger partial charge in [0.15, 0.2) is 0 Å². The lowest BCUT2D eigenvalue weighted by atomic mass is 9.90. The molecule has 0 bridgehead atoms. The van der Waals surface area contributed by atoms with Crippen molar-refractivity contribution in [3.05, 3.63) is 77.9 Å². The molecule has 1 amide bonds. The first-order valence-electron chi connectivity index (χ1n) is 8.37. The fourth-order valence-corrected chi connectivity index (χ4v) is 3.14. The predicted molar refractivity (Wildman–Crippen MR) is 94.9 cm³/mol. The summed E-state index contributed by atoms with van der Waals surface area (Å²) < 4.78 is 0. The molecule has 3 rings (SSSR count). The number of amides is 1. The summed E-state index contributed by atoms with van der Waals surface area (Å²) in [7, 11) is 0. The van der Waals surface area contributed by atoms with Gasteiger partial charge in [-0.1, -0.05) is 60.7 Å². The van der Waals surface area contributed by atoms with Crippen LogP contribution in [0.25, 0.3) is 6.08 Å². The maximum atomic E-state index is 12.3. The van der Waals surface area contributed by atoms with E-state index in [1.807, 2.05) is 41.3 Å². The zero-order valence-electron chi connectivity index (χ0n) is 13.4. The summed E-state index contributed by atoms with van der Waals surface area (Å²) in [6.07, 6.45) is 6.92. The second-order valence-electron chi connectivity index (χ2n) is 6.20. The first-order valence-corrected chi connectivity index (χ1v) is 8.37. The third-order valence-electron chi connectivity index (χ3n) is 4.51. The highest BCUT2D eigenvalue weighted by Gasteiger charge is 2.21. The molecule has 0 unspecified atom stereocenters. The van der Waals surface area contributed by atoms with E-state index < -0.39 is 0 Å². The number of carbonyl (C=O) groups is 1. The number of carbonyl (C=O) groups excluding carboxylic acids is 1. The molecule has 0 saturated carbocycles. The number of rotatable bonds is 4. The monoisotopic (exact) mass is 305 g/mol. The minimum atomic E-state index is 0.131. The zero-order valence-corrected chi connectivity index (χ0v) is 13.4. The van der Waals surface area contributed by atoms with Crippen LogP contribution in [-0.4, -0.2) is 23.9 Å². The Hall–Kier alpha value is -2.35. The number of nitrogens with zero attached hydrogens (tertiary/aromatic N) is 1. The maximum Gasteiger partial charge on any atom is 0.246 e. The molecule has 1 aliphatic rings. The molecule has 2 heteroatoms. The molecular weight excluding hydrogens is 282 g/mol. The van der Waals surface area contributed by atoms with Gasteiger partial charge in [0.1, 0.15) is 0 Å². The Balaban J connectivity index is 1.48. The summed E-state index contributed by atoms with van der Waals surface area (Å²) in [4.78, 5) is 14.2. The number of likely N-dealkylation sites (tertiary alicyclic amines) is 1. The van der Waals surface area contributed by atoms with Crippen molar-refractivity contribution in [3.63, 3.8) is 0 Å². The van der Waals surface area contributed by atoms with Crippen LogP contribution in [0, 0.1) is 5.92 Å². The first kappa shape index (κ1) is 15.5. The highest BCUT2D eigenvalue weighted by molar-refractivity contribution is 5.91. The molecule has 1 heterocycles. The van der Waals surface area contributed by atoms with Crippen molar-refractivity contribution in [1.82, 2.24) is 4.90 Å². The van der Waals surface area contributed by atoms with E-state index in [1.54, 1.807) is 6.08 Å². The summed E-state index contributed by atoms with van der Waals surface area (Å²) in [6, 6.07) is 20.6. The molecule has 0 spiro atoms. The van der Waals surface area contributed by atoms with Gasteiger partial charge in [0, 0.05) is 19.2 Å². The van der Waals surface area contributed by atoms with Gasteiger partial charge in [-0.25, -0.2) is 0 Å². The van der Waals surface area contributed by atoms with Crippen LogP contribution in [0.3, 0.4) is 0 Å². The SMILES string of the molecule is O=C(C=Cc1ccccc1)N1CCC(Cc2ccccc2)CC1. The molecule has 2 aromatic carbocycles. The van der Waals surface area contributed by atoms with E-state index >= 15 is 0 Å². The van der Waals surface area contributed by atoms with Crippen LogP contribution in [0.4, 0.5) is 0 Å². The molecule has 0 atom stereocenters. The van der Waals surface area contributed by atoms with E-state index in [4.69, 9.17) is 0 Å². The standard InChI is InChI=1S/C21H23NO/c23-21(12-11-18-7-3-1-4-8-18)22-15-13-20(14-16-22)17-19-9-5-2-6-10-19/h1-12,20H,13-17H2. The highest BCUT2D eigenvalue weighted by atomic mass is 16.2. The zero-order chi connectivity index (χ0) is 15.9. The van der Waals surface area contributed by atoms with Gasteiger partial charge >= 0.3 is 0 Å². The third kappa shape index (κ3) is 4.56. The Morgan fingerprint density at radius 1 is 0.957 bits per heavy atom. The van der Waals surface area contributed by atoms with E-state index in [-0.39, 0.29) is 5.91 Å². The molecular formula is C21H23NO. The Labute approximate surface area is 138 Å². The van der Waals surface area contributed by atoms with E-state index in [0.717, 1.165) is 37.9 Å². The van der Waals surface area contributed by atoms with E-state index in [2.05, 4.69) is 30.3 Å². The molecule has 1 saturated heterocycles. The van der Waals surface area contributed by atoms with Crippen molar-refractivity contribution in [2.75, 3.05) is 13.1 Å². The van der Waals surface area contributed by atoms with Crippen molar-refractivity contribution < 1.29 is 4.79 Å². The van der Waals surface area contributed by atoms with Crippen molar-refractivity contribution in [3.8, 4) is 0 Å². The van der Waals surface area contributed by atoms with Crippen LogP contribution in [0.2, 0.25) is 0 Å². The van der Waals surface area contributed by atoms with Gasteiger partial charge in [0.05, 0.1) is 0 Å². The second kappa shape index (κ2) is 7.77. The molecule has 118 valence electrons. The normalized spacial score (nSPS) is 15.9. The van der Waals surface area contributed by atoms with Gasteiger partial charge in [0.25, 0.3) is 0 Å². The summed E-state index contributed by atoms with van der Waals surface area (Å²) in [5, 5.41) is 0. The molecule has 0 N–H and O–H groups in total. The van der Waals surface area contributed by atoms with Crippen LogP contribution in [0.1, 0.15) is 24.0 Å². The molecule has 2 aromatic rings. The van der Waals surface area contributed by atoms with E-state index in [0.29, 0.717) is 5.92 Å². The average Bonchev–Trinajstić information content (AvgIpc) is 2.62. The first-order chi connectivity index (χ1) is 11.3. The lowest BCUT2D eigenvalue weighted by Gasteiger charge is -2.31. The van der Waals surface area contributed by atoms with Crippen molar-refractivity contribution in [2.24, 2.45) is 5.92 Å². The van der Waals surface area contributed by atoms with Gasteiger partial charge in [-0.3, -0.25) is 4.79 Å². The minimum absolute atomic E-state index is 0.131. The van der Waals surface area contributed by atoms with Crippen molar-refractivity contribution >= 4 is 12.0 Å². The van der Waals surface area contributed by atoms with Crippen LogP contribution in [-0.2, 0) is 11.2 Å². The van der Waals surface area contributed by atoms with E-state index in [1.165, 1.54) is 5.56 Å². The summed E-state index contributed by atoms with van der Waals surface area (Å²) >= 11 is 0. The average molecular weight is 305 g/mol. The Morgan fingerprint density at radius 2 is 1.57 bits per heavy atom. The highest BCUT2D eigenvalue weighted by Crippen LogP contribution is 2.21. The van der Waals surface area contributed by atoms with Gasteiger partial charge in [0.2, 0.25) is 5.91 Å². The molecule has 1 aliphatic heterocycles. The van der Waals surface area contributed by atoms with Crippen LogP contribution >= 0.6 is 0 Å². The molecule has 1 fully saturated rings. The van der Waals surface area contributed by atoms with Gasteiger partial charge < -0.3 is 4.90 Å². The maximum absolute atomic E-state index is 12.3. The lowest BCUT2D eigenvalue weighted by Crippen LogP contribution is -2.37. The number of hydrogen-bond donors (Lipinski definition) is 0. The van der Waals surface area contributed by atoms with Crippen LogP contribution < -0.4 is 0 Å². The lowest BCUT2D eigenvalue weighted by molar-refractivity contribution is -0.127. The Morgan fingerprint density at radius 3 is 2.22 bits per heavy atom. The second-order valence-corrected chi connectivity index (χ2v) is 6.20. The number of benzene rings is 2. The molecule has 2 nitrogen and oxygen atoms in total. The van der Waals surface area contributed by atoms with Crippen molar-refractivity contribution in [1.29, 1.82) is 0 Å². The quantitative estimate of drug-likeness (QED) is 0.776. The van der Waals surface area contributed by atoms with Crippen LogP contribution in [0.5, 0.6) is 0 Å². The predicted octanol–water partition coefficient (Wildman–Crippen LogP) is 4.18. The number of hydrogen-bond acceptors (Lipinski definition) is 1. The van der Waals surface area contributed by atoms with Gasteiger partial charge in [-0.2, -0.15) is 0 Å². The summed E-state index contributed by atoms with van der Waals surface area (Å²) in [6.45, 7) is 1.74. The van der Waals surface area contributed by atoms with Gasteiger partial charge in [-0.15, -0.1) is 0 Å². The van der Waals surface area contributed by atoms with Crippen LogP contribution in [0.15, 0.2) is 66.7 Å². The number of piperidine rings is 1. The fourth-order valence-electron chi connectivity index (χ4n) is 3.14. The Bertz CT molecular complexity index is 640. The van der Waals surface area contributed by atoms with Crippen molar-refractivity contribution in [2.45, 2.75) is 19.3 Å². The fraction of sp³-hybridized carbons (Fsp3) is 0.286. The molecule has 0 aromatic heterocycles. The Kier molecular flexibility index (Phi) is 5.25. The largest absolute Gasteiger partial charge is 0.339 e. The van der Waals surface area contributed by atoms with E-state index in [9.17, 15) is 4.79 Å². The smallest absolute Gasteiger partial charge is 0.246 e. The summed E-state index contributed by atoms with van der Waals surface area (Å²) in [5.41, 5.74) is 2.47.